The Bertz CT molecular complexity index is 1120. The average molecular weight is 459 g/mol. The second-order valence-corrected chi connectivity index (χ2v) is 8.72. The molecule has 0 spiro atoms. The Morgan fingerprint density at radius 2 is 1.82 bits per heavy atom. The highest BCUT2D eigenvalue weighted by atomic mass is 19.3. The lowest BCUT2D eigenvalue weighted by Gasteiger charge is -2.29. The number of hydrogen-bond donors (Lipinski definition) is 1. The second kappa shape index (κ2) is 9.18. The number of rotatable bonds is 5. The molecule has 2 aliphatic rings. The highest BCUT2D eigenvalue weighted by Crippen LogP contribution is 2.31. The van der Waals surface area contributed by atoms with Crippen molar-refractivity contribution in [3.05, 3.63) is 35.7 Å². The van der Waals surface area contributed by atoms with Gasteiger partial charge in [-0.2, -0.15) is 9.97 Å². The predicted molar refractivity (Wildman–Crippen MR) is 120 cm³/mol. The summed E-state index contributed by atoms with van der Waals surface area (Å²) in [5.41, 5.74) is 8.04. The van der Waals surface area contributed by atoms with E-state index in [9.17, 15) is 8.78 Å². The summed E-state index contributed by atoms with van der Waals surface area (Å²) in [7, 11) is 0. The molecule has 1 saturated heterocycles. The molecule has 8 nitrogen and oxygen atoms in total. The lowest BCUT2D eigenvalue weighted by atomic mass is 9.94. The minimum Gasteiger partial charge on any atom is -0.474 e. The summed E-state index contributed by atoms with van der Waals surface area (Å²) in [6.45, 7) is 4.26. The van der Waals surface area contributed by atoms with Gasteiger partial charge in [0.1, 0.15) is 11.9 Å². The van der Waals surface area contributed by atoms with Crippen LogP contribution in [0.15, 0.2) is 24.3 Å². The summed E-state index contributed by atoms with van der Waals surface area (Å²) >= 11 is 0. The third-order valence-corrected chi connectivity index (χ3v) is 6.24. The van der Waals surface area contributed by atoms with E-state index in [0.29, 0.717) is 55.0 Å². The first-order valence-corrected chi connectivity index (χ1v) is 11.4. The van der Waals surface area contributed by atoms with Crippen LogP contribution in [0.3, 0.4) is 0 Å². The smallest absolute Gasteiger partial charge is 0.296 e. The van der Waals surface area contributed by atoms with Crippen molar-refractivity contribution in [1.82, 2.24) is 19.5 Å². The Balaban J connectivity index is 1.60. The van der Waals surface area contributed by atoms with Gasteiger partial charge in [-0.15, -0.1) is 0 Å². The number of nitrogens with two attached hydrogens (primary N) is 1. The second-order valence-electron chi connectivity index (χ2n) is 8.72. The Morgan fingerprint density at radius 1 is 1.06 bits per heavy atom. The van der Waals surface area contributed by atoms with Crippen molar-refractivity contribution >= 4 is 17.0 Å². The lowest BCUT2D eigenvalue weighted by Crippen LogP contribution is -2.37. The Hall–Kier alpha value is -2.85. The number of aromatic nitrogens is 4. The van der Waals surface area contributed by atoms with Crippen LogP contribution in [0.4, 0.5) is 14.7 Å². The SMILES string of the molecule is Cc1ccc2nc(C(F)F)n(-c3cc(O[C@H]4CC[C@H](N)CC4)nc(N4CCOCC4)n3)c2c1. The van der Waals surface area contributed by atoms with E-state index < -0.39 is 6.43 Å². The highest BCUT2D eigenvalue weighted by Gasteiger charge is 2.25. The first-order chi connectivity index (χ1) is 16.0. The van der Waals surface area contributed by atoms with Gasteiger partial charge in [0.25, 0.3) is 6.43 Å². The maximum Gasteiger partial charge on any atom is 0.296 e. The van der Waals surface area contributed by atoms with E-state index >= 15 is 0 Å². The van der Waals surface area contributed by atoms with Crippen molar-refractivity contribution in [1.29, 1.82) is 0 Å². The van der Waals surface area contributed by atoms with Gasteiger partial charge >= 0.3 is 0 Å². The third kappa shape index (κ3) is 4.63. The maximum absolute atomic E-state index is 14.0. The molecule has 1 aromatic carbocycles. The largest absolute Gasteiger partial charge is 0.474 e. The van der Waals surface area contributed by atoms with Gasteiger partial charge in [0.15, 0.2) is 5.82 Å². The molecule has 3 aromatic rings. The van der Waals surface area contributed by atoms with E-state index in [1.54, 1.807) is 12.1 Å². The number of anilines is 1. The molecule has 0 amide bonds. The minimum absolute atomic E-state index is 0.0126. The van der Waals surface area contributed by atoms with Crippen molar-refractivity contribution in [3.8, 4) is 11.7 Å². The molecule has 5 rings (SSSR count). The molecule has 2 aromatic heterocycles. The van der Waals surface area contributed by atoms with Crippen molar-refractivity contribution < 1.29 is 18.3 Å². The summed E-state index contributed by atoms with van der Waals surface area (Å²) in [5.74, 6) is 0.777. The molecule has 3 heterocycles. The zero-order valence-corrected chi connectivity index (χ0v) is 18.6. The van der Waals surface area contributed by atoms with Crippen LogP contribution >= 0.6 is 0 Å². The number of hydrogen-bond acceptors (Lipinski definition) is 7. The summed E-state index contributed by atoms with van der Waals surface area (Å²) in [5, 5.41) is 0. The topological polar surface area (TPSA) is 91.3 Å². The average Bonchev–Trinajstić information content (AvgIpc) is 3.20. The molecule has 0 radical (unpaired) electrons. The van der Waals surface area contributed by atoms with Crippen LogP contribution in [-0.4, -0.2) is 58.0 Å². The van der Waals surface area contributed by atoms with Crippen molar-refractivity contribution in [2.24, 2.45) is 5.73 Å². The Kier molecular flexibility index (Phi) is 6.11. The van der Waals surface area contributed by atoms with E-state index in [4.69, 9.17) is 15.2 Å². The van der Waals surface area contributed by atoms with Gasteiger partial charge < -0.3 is 20.1 Å². The number of morpholine rings is 1. The molecular weight excluding hydrogens is 430 g/mol. The van der Waals surface area contributed by atoms with Crippen LogP contribution in [0.1, 0.15) is 43.5 Å². The zero-order chi connectivity index (χ0) is 22.9. The first-order valence-electron chi connectivity index (χ1n) is 11.4. The fourth-order valence-corrected chi connectivity index (χ4v) is 4.45. The Labute approximate surface area is 190 Å². The van der Waals surface area contributed by atoms with Gasteiger partial charge in [-0.05, 0) is 50.3 Å². The number of fused-ring (bicyclic) bond motifs is 1. The molecule has 0 atom stereocenters. The van der Waals surface area contributed by atoms with Crippen LogP contribution in [0.2, 0.25) is 0 Å². The van der Waals surface area contributed by atoms with E-state index in [1.165, 1.54) is 4.57 Å². The fourth-order valence-electron chi connectivity index (χ4n) is 4.45. The van der Waals surface area contributed by atoms with Gasteiger partial charge in [-0.3, -0.25) is 4.57 Å². The molecule has 0 unspecified atom stereocenters. The summed E-state index contributed by atoms with van der Waals surface area (Å²) in [6.07, 6.45) is 0.677. The van der Waals surface area contributed by atoms with Crippen molar-refractivity contribution in [2.45, 2.75) is 51.2 Å². The van der Waals surface area contributed by atoms with Crippen LogP contribution in [0, 0.1) is 6.92 Å². The minimum atomic E-state index is -2.76. The van der Waals surface area contributed by atoms with Gasteiger partial charge in [0.05, 0.1) is 24.2 Å². The molecule has 1 aliphatic carbocycles. The molecule has 2 N–H and O–H groups in total. The molecule has 10 heteroatoms. The summed E-state index contributed by atoms with van der Waals surface area (Å²) < 4.78 is 41.1. The van der Waals surface area contributed by atoms with E-state index in [-0.39, 0.29) is 18.0 Å². The third-order valence-electron chi connectivity index (χ3n) is 6.24. The molecule has 1 aliphatic heterocycles. The molecule has 1 saturated carbocycles. The van der Waals surface area contributed by atoms with E-state index in [1.807, 2.05) is 24.0 Å². The van der Waals surface area contributed by atoms with Gasteiger partial charge in [0, 0.05) is 25.2 Å². The van der Waals surface area contributed by atoms with E-state index in [0.717, 1.165) is 31.2 Å². The number of imidazole rings is 1. The van der Waals surface area contributed by atoms with E-state index in [2.05, 4.69) is 15.0 Å². The normalized spacial score (nSPS) is 21.7. The number of benzene rings is 1. The number of alkyl halides is 2. The number of ether oxygens (including phenoxy) is 2. The van der Waals surface area contributed by atoms with Gasteiger partial charge in [-0.25, -0.2) is 13.8 Å². The highest BCUT2D eigenvalue weighted by molar-refractivity contribution is 5.79. The Morgan fingerprint density at radius 3 is 2.55 bits per heavy atom. The van der Waals surface area contributed by atoms with Gasteiger partial charge in [-0.1, -0.05) is 6.07 Å². The quantitative estimate of drug-likeness (QED) is 0.625. The first kappa shape index (κ1) is 22.0. The maximum atomic E-state index is 14.0. The zero-order valence-electron chi connectivity index (χ0n) is 18.6. The standard InChI is InChI=1S/C23H28F2N6O2/c1-14-2-7-17-18(12-14)31(22(27-17)21(24)25)19-13-20(33-16-5-3-15(26)4-6-16)29-23(28-19)30-8-10-32-11-9-30/h2,7,12-13,15-16,21H,3-6,8-11,26H2,1H3/t15-,16-. The predicted octanol–water partition coefficient (Wildman–Crippen LogP) is 3.55. The molecule has 2 fully saturated rings. The molecule has 33 heavy (non-hydrogen) atoms. The van der Waals surface area contributed by atoms with Crippen molar-refractivity contribution in [2.75, 3.05) is 31.2 Å². The van der Waals surface area contributed by atoms with Crippen LogP contribution in [0.5, 0.6) is 5.88 Å². The fraction of sp³-hybridized carbons (Fsp3) is 0.522. The monoisotopic (exact) mass is 458 g/mol. The number of nitrogens with zero attached hydrogens (tertiary/aromatic N) is 5. The lowest BCUT2D eigenvalue weighted by molar-refractivity contribution is 0.121. The van der Waals surface area contributed by atoms with Crippen LogP contribution in [0.25, 0.3) is 16.9 Å². The summed E-state index contributed by atoms with van der Waals surface area (Å²) in [6, 6.07) is 7.28. The summed E-state index contributed by atoms with van der Waals surface area (Å²) in [4.78, 5) is 15.5. The number of halogens is 2. The van der Waals surface area contributed by atoms with Crippen molar-refractivity contribution in [3.63, 3.8) is 0 Å². The number of aryl methyl sites for hydroxylation is 1. The van der Waals surface area contributed by atoms with Crippen LogP contribution in [-0.2, 0) is 4.74 Å². The molecular formula is C23H28F2N6O2. The molecule has 176 valence electrons. The molecule has 0 bridgehead atoms. The van der Waals surface area contributed by atoms with Crippen LogP contribution < -0.4 is 15.4 Å². The van der Waals surface area contributed by atoms with Gasteiger partial charge in [0.2, 0.25) is 11.8 Å².